The van der Waals surface area contributed by atoms with Crippen molar-refractivity contribution in [2.75, 3.05) is 5.73 Å². The van der Waals surface area contributed by atoms with E-state index in [1.165, 1.54) is 6.07 Å². The largest absolute Gasteiger partial charge is 0.503 e. The third-order valence-electron chi connectivity index (χ3n) is 6.10. The van der Waals surface area contributed by atoms with Crippen molar-refractivity contribution in [3.05, 3.63) is 82.5 Å². The molecule has 5 N–H and O–H groups in total. The summed E-state index contributed by atoms with van der Waals surface area (Å²) in [6.45, 7) is 0. The Hall–Kier alpha value is -3.57. The highest BCUT2D eigenvalue weighted by Crippen LogP contribution is 2.40. The maximum atomic E-state index is 13.5. The molecule has 0 spiro atoms. The topological polar surface area (TPSA) is 102 Å². The Bertz CT molecular complexity index is 1300. The number of phenolic OH excluding ortho intramolecular Hbond substituents is 1. The Kier molecular flexibility index (Phi) is 4.15. The molecule has 0 unspecified atom stereocenters. The average molecular weight is 398 g/mol. The van der Waals surface area contributed by atoms with Crippen molar-refractivity contribution in [2.45, 2.75) is 24.8 Å². The predicted molar refractivity (Wildman–Crippen MR) is 119 cm³/mol. The fourth-order valence-electron chi connectivity index (χ4n) is 4.13. The minimum absolute atomic E-state index is 0.0922. The first-order chi connectivity index (χ1) is 14.5. The van der Waals surface area contributed by atoms with Crippen LogP contribution in [0.25, 0.3) is 33.4 Å². The SMILES string of the molecule is Nc1ccc2c(=O)c(-c3ccc(C4(N)CCC4)cc3)c(-c3ccccc3)oc2c1O. The quantitative estimate of drug-likeness (QED) is 0.341. The van der Waals surface area contributed by atoms with Gasteiger partial charge in [-0.05, 0) is 42.5 Å². The van der Waals surface area contributed by atoms with Crippen LogP contribution in [-0.2, 0) is 5.54 Å². The van der Waals surface area contributed by atoms with Crippen LogP contribution in [0.5, 0.6) is 5.75 Å². The smallest absolute Gasteiger partial charge is 0.201 e. The fourth-order valence-corrected chi connectivity index (χ4v) is 4.13. The van der Waals surface area contributed by atoms with E-state index in [-0.39, 0.29) is 33.4 Å². The molecule has 0 saturated heterocycles. The summed E-state index contributed by atoms with van der Waals surface area (Å²) in [4.78, 5) is 13.5. The lowest BCUT2D eigenvalue weighted by Crippen LogP contribution is -2.43. The molecule has 5 nitrogen and oxygen atoms in total. The van der Waals surface area contributed by atoms with Crippen LogP contribution in [0.4, 0.5) is 5.69 Å². The van der Waals surface area contributed by atoms with Crippen molar-refractivity contribution in [3.63, 3.8) is 0 Å². The Morgan fingerprint density at radius 2 is 1.60 bits per heavy atom. The molecule has 5 rings (SSSR count). The van der Waals surface area contributed by atoms with Crippen LogP contribution < -0.4 is 16.9 Å². The van der Waals surface area contributed by atoms with Gasteiger partial charge in [0.2, 0.25) is 5.43 Å². The molecule has 3 aromatic carbocycles. The molecule has 5 heteroatoms. The van der Waals surface area contributed by atoms with Crippen LogP contribution in [0.2, 0.25) is 0 Å². The molecule has 1 aliphatic rings. The van der Waals surface area contributed by atoms with Crippen molar-refractivity contribution in [1.82, 2.24) is 0 Å². The first-order valence-corrected chi connectivity index (χ1v) is 10.0. The van der Waals surface area contributed by atoms with Gasteiger partial charge in [0.1, 0.15) is 5.76 Å². The summed E-state index contributed by atoms with van der Waals surface area (Å²) in [5.41, 5.74) is 15.1. The minimum atomic E-state index is -0.266. The Morgan fingerprint density at radius 3 is 2.23 bits per heavy atom. The molecule has 150 valence electrons. The summed E-state index contributed by atoms with van der Waals surface area (Å²) in [5, 5.41) is 10.7. The third kappa shape index (κ3) is 2.78. The molecule has 0 bridgehead atoms. The molecule has 1 saturated carbocycles. The number of anilines is 1. The van der Waals surface area contributed by atoms with Crippen LogP contribution in [0.15, 0.2) is 75.9 Å². The Morgan fingerprint density at radius 1 is 0.900 bits per heavy atom. The van der Waals surface area contributed by atoms with Gasteiger partial charge in [0.15, 0.2) is 11.3 Å². The summed E-state index contributed by atoms with van der Waals surface area (Å²) < 4.78 is 6.10. The highest BCUT2D eigenvalue weighted by atomic mass is 16.4. The number of fused-ring (bicyclic) bond motifs is 1. The minimum Gasteiger partial charge on any atom is -0.503 e. The van der Waals surface area contributed by atoms with Gasteiger partial charge in [-0.3, -0.25) is 4.79 Å². The summed E-state index contributed by atoms with van der Waals surface area (Å²) in [5.74, 6) is 0.173. The number of nitrogen functional groups attached to an aromatic ring is 1. The second-order valence-corrected chi connectivity index (χ2v) is 7.97. The molecule has 30 heavy (non-hydrogen) atoms. The van der Waals surface area contributed by atoms with Crippen LogP contribution in [0, 0.1) is 0 Å². The standard InChI is InChI=1S/C25H22N2O3/c26-19-12-11-18-21(28)20(15-7-9-17(10-8-15)25(27)13-4-14-25)23(30-24(18)22(19)29)16-5-2-1-3-6-16/h1-3,5-12,29H,4,13-14,26-27H2. The van der Waals surface area contributed by atoms with E-state index in [4.69, 9.17) is 15.9 Å². The zero-order valence-electron chi connectivity index (χ0n) is 16.4. The van der Waals surface area contributed by atoms with Gasteiger partial charge in [0, 0.05) is 11.1 Å². The van der Waals surface area contributed by atoms with Gasteiger partial charge < -0.3 is 21.0 Å². The second-order valence-electron chi connectivity index (χ2n) is 7.97. The summed E-state index contributed by atoms with van der Waals surface area (Å²) >= 11 is 0. The number of hydrogen-bond donors (Lipinski definition) is 3. The van der Waals surface area contributed by atoms with Gasteiger partial charge in [-0.25, -0.2) is 0 Å². The number of benzene rings is 3. The second kappa shape index (κ2) is 6.75. The van der Waals surface area contributed by atoms with Gasteiger partial charge >= 0.3 is 0 Å². The third-order valence-corrected chi connectivity index (χ3v) is 6.10. The molecular formula is C25H22N2O3. The zero-order valence-corrected chi connectivity index (χ0v) is 16.4. The average Bonchev–Trinajstić information content (AvgIpc) is 2.75. The van der Waals surface area contributed by atoms with Gasteiger partial charge in [-0.15, -0.1) is 0 Å². The Balaban J connectivity index is 1.77. The van der Waals surface area contributed by atoms with Crippen LogP contribution >= 0.6 is 0 Å². The van der Waals surface area contributed by atoms with E-state index >= 15 is 0 Å². The molecule has 0 aliphatic heterocycles. The van der Waals surface area contributed by atoms with Gasteiger partial charge in [0.25, 0.3) is 0 Å². The van der Waals surface area contributed by atoms with Crippen molar-refractivity contribution < 1.29 is 9.52 Å². The molecule has 4 aromatic rings. The highest BCUT2D eigenvalue weighted by molar-refractivity contribution is 5.94. The Labute approximate surface area is 173 Å². The normalized spacial score (nSPS) is 15.1. The van der Waals surface area contributed by atoms with Gasteiger partial charge in [-0.1, -0.05) is 54.6 Å². The number of aromatic hydroxyl groups is 1. The maximum absolute atomic E-state index is 13.5. The van der Waals surface area contributed by atoms with E-state index in [2.05, 4.69) is 0 Å². The van der Waals surface area contributed by atoms with E-state index in [9.17, 15) is 9.90 Å². The molecular weight excluding hydrogens is 376 g/mol. The van der Waals surface area contributed by atoms with Crippen LogP contribution in [0.1, 0.15) is 24.8 Å². The van der Waals surface area contributed by atoms with Crippen molar-refractivity contribution in [3.8, 4) is 28.2 Å². The van der Waals surface area contributed by atoms with Crippen LogP contribution in [0.3, 0.4) is 0 Å². The fraction of sp³-hybridized carbons (Fsp3) is 0.160. The molecule has 1 aromatic heterocycles. The van der Waals surface area contributed by atoms with E-state index in [0.717, 1.165) is 36.0 Å². The van der Waals surface area contributed by atoms with Crippen molar-refractivity contribution >= 4 is 16.7 Å². The van der Waals surface area contributed by atoms with E-state index < -0.39 is 0 Å². The lowest BCUT2D eigenvalue weighted by Gasteiger charge is -2.38. The number of hydrogen-bond acceptors (Lipinski definition) is 5. The highest BCUT2D eigenvalue weighted by Gasteiger charge is 2.34. The number of nitrogens with two attached hydrogens (primary N) is 2. The van der Waals surface area contributed by atoms with Crippen LogP contribution in [-0.4, -0.2) is 5.11 Å². The predicted octanol–water partition coefficient (Wildman–Crippen LogP) is 4.75. The van der Waals surface area contributed by atoms with E-state index in [0.29, 0.717) is 11.3 Å². The van der Waals surface area contributed by atoms with Crippen molar-refractivity contribution in [1.29, 1.82) is 0 Å². The summed E-state index contributed by atoms with van der Waals surface area (Å²) in [6.07, 6.45) is 3.08. The van der Waals surface area contributed by atoms with Gasteiger partial charge in [0.05, 0.1) is 16.6 Å². The first-order valence-electron chi connectivity index (χ1n) is 10.0. The van der Waals surface area contributed by atoms with E-state index in [1.807, 2.05) is 54.6 Å². The number of phenols is 1. The summed E-state index contributed by atoms with van der Waals surface area (Å²) in [7, 11) is 0. The lowest BCUT2D eigenvalue weighted by atomic mass is 9.72. The monoisotopic (exact) mass is 398 g/mol. The molecule has 0 radical (unpaired) electrons. The lowest BCUT2D eigenvalue weighted by molar-refractivity contribution is 0.253. The number of rotatable bonds is 3. The molecule has 0 atom stereocenters. The summed E-state index contributed by atoms with van der Waals surface area (Å²) in [6, 6.07) is 20.3. The van der Waals surface area contributed by atoms with Gasteiger partial charge in [-0.2, -0.15) is 0 Å². The van der Waals surface area contributed by atoms with E-state index in [1.54, 1.807) is 6.07 Å². The molecule has 0 amide bonds. The van der Waals surface area contributed by atoms with Crippen molar-refractivity contribution in [2.24, 2.45) is 5.73 Å². The molecule has 1 heterocycles. The maximum Gasteiger partial charge on any atom is 0.201 e. The zero-order chi connectivity index (χ0) is 20.9. The first kappa shape index (κ1) is 18.5. The molecule has 1 aliphatic carbocycles. The molecule has 1 fully saturated rings.